The highest BCUT2D eigenvalue weighted by Gasteiger charge is 2.29. The van der Waals surface area contributed by atoms with E-state index in [4.69, 9.17) is 9.47 Å². The Hall–Kier alpha value is -1.64. The molecule has 152 valence electrons. The molecule has 0 aromatic heterocycles. The number of amides is 1. The molecule has 1 amide bonds. The first-order valence-electron chi connectivity index (χ1n) is 9.44. The van der Waals surface area contributed by atoms with Gasteiger partial charge in [-0.15, -0.1) is 0 Å². The molecule has 1 heterocycles. The summed E-state index contributed by atoms with van der Waals surface area (Å²) in [6.07, 6.45) is 2.39. The Bertz CT molecular complexity index is 728. The van der Waals surface area contributed by atoms with Crippen LogP contribution < -0.4 is 10.1 Å². The van der Waals surface area contributed by atoms with Crippen LogP contribution in [-0.4, -0.2) is 58.6 Å². The quantitative estimate of drug-likeness (QED) is 0.645. The number of nitrogens with one attached hydrogen (secondary N) is 1. The summed E-state index contributed by atoms with van der Waals surface area (Å²) in [5.41, 5.74) is 0.223. The third-order valence-electron chi connectivity index (χ3n) is 4.75. The second kappa shape index (κ2) is 10.1. The molecule has 2 rings (SSSR count). The lowest BCUT2D eigenvalue weighted by atomic mass is 10.0. The molecular formula is C19H30N2O5S. The van der Waals surface area contributed by atoms with Crippen LogP contribution in [0.3, 0.4) is 0 Å². The van der Waals surface area contributed by atoms with E-state index in [0.717, 1.165) is 12.8 Å². The van der Waals surface area contributed by atoms with Crippen LogP contribution in [0.25, 0.3) is 0 Å². The zero-order valence-corrected chi connectivity index (χ0v) is 17.2. The van der Waals surface area contributed by atoms with Gasteiger partial charge in [-0.1, -0.05) is 6.92 Å². The van der Waals surface area contributed by atoms with E-state index in [9.17, 15) is 13.2 Å². The van der Waals surface area contributed by atoms with E-state index >= 15 is 0 Å². The average Bonchev–Trinajstić information content (AvgIpc) is 2.67. The van der Waals surface area contributed by atoms with Gasteiger partial charge in [-0.25, -0.2) is 8.42 Å². The number of sulfonamides is 1. The number of rotatable bonds is 9. The van der Waals surface area contributed by atoms with Crippen molar-refractivity contribution in [1.29, 1.82) is 0 Å². The van der Waals surface area contributed by atoms with Crippen LogP contribution in [0.4, 0.5) is 0 Å². The van der Waals surface area contributed by atoms with Crippen LogP contribution in [-0.2, 0) is 14.8 Å². The molecule has 0 radical (unpaired) electrons. The summed E-state index contributed by atoms with van der Waals surface area (Å²) in [5, 5.41) is 2.79. The number of piperidine rings is 1. The van der Waals surface area contributed by atoms with Crippen LogP contribution >= 0.6 is 0 Å². The van der Waals surface area contributed by atoms with Crippen molar-refractivity contribution in [2.45, 2.75) is 38.0 Å². The van der Waals surface area contributed by atoms with Crippen molar-refractivity contribution in [1.82, 2.24) is 9.62 Å². The van der Waals surface area contributed by atoms with Gasteiger partial charge in [0.1, 0.15) is 5.75 Å². The van der Waals surface area contributed by atoms with Gasteiger partial charge in [-0.05, 0) is 50.3 Å². The molecule has 0 saturated carbocycles. The molecule has 27 heavy (non-hydrogen) atoms. The molecule has 1 saturated heterocycles. The smallest absolute Gasteiger partial charge is 0.255 e. The predicted molar refractivity (Wildman–Crippen MR) is 104 cm³/mol. The molecule has 8 heteroatoms. The number of hydrogen-bond donors (Lipinski definition) is 1. The highest BCUT2D eigenvalue weighted by molar-refractivity contribution is 7.89. The number of hydrogen-bond acceptors (Lipinski definition) is 5. The summed E-state index contributed by atoms with van der Waals surface area (Å²) in [5.74, 6) is 0.529. The summed E-state index contributed by atoms with van der Waals surface area (Å²) in [4.78, 5) is 12.6. The van der Waals surface area contributed by atoms with Gasteiger partial charge in [0.15, 0.2) is 0 Å². The molecule has 0 spiro atoms. The highest BCUT2D eigenvalue weighted by Crippen LogP contribution is 2.27. The van der Waals surface area contributed by atoms with Gasteiger partial charge in [0.2, 0.25) is 10.0 Å². The van der Waals surface area contributed by atoms with Crippen LogP contribution in [0.15, 0.2) is 23.1 Å². The molecule has 1 aromatic carbocycles. The minimum atomic E-state index is -3.62. The van der Waals surface area contributed by atoms with Crippen LogP contribution in [0.5, 0.6) is 5.75 Å². The molecule has 0 atom stereocenters. The van der Waals surface area contributed by atoms with Gasteiger partial charge in [0.25, 0.3) is 5.91 Å². The molecular weight excluding hydrogens is 368 g/mol. The average molecular weight is 399 g/mol. The topological polar surface area (TPSA) is 84.9 Å². The molecule has 1 aliphatic heterocycles. The fourth-order valence-electron chi connectivity index (χ4n) is 3.02. The van der Waals surface area contributed by atoms with Gasteiger partial charge < -0.3 is 14.8 Å². The summed E-state index contributed by atoms with van der Waals surface area (Å²) >= 11 is 0. The molecule has 0 aliphatic carbocycles. The Kier molecular flexibility index (Phi) is 8.07. The van der Waals surface area contributed by atoms with Crippen molar-refractivity contribution in [3.8, 4) is 5.75 Å². The molecule has 0 bridgehead atoms. The first kappa shape index (κ1) is 21.7. The van der Waals surface area contributed by atoms with Gasteiger partial charge in [0.05, 0.1) is 17.6 Å². The number of carbonyl (C=O) groups is 1. The minimum absolute atomic E-state index is 0.123. The summed E-state index contributed by atoms with van der Waals surface area (Å²) in [6.45, 7) is 6.71. The Balaban J connectivity index is 2.15. The normalized spacial score (nSPS) is 16.3. The zero-order chi connectivity index (χ0) is 19.9. The lowest BCUT2D eigenvalue weighted by Crippen LogP contribution is -2.38. The fourth-order valence-corrected chi connectivity index (χ4v) is 4.51. The van der Waals surface area contributed by atoms with Gasteiger partial charge in [0, 0.05) is 32.8 Å². The molecule has 7 nitrogen and oxygen atoms in total. The van der Waals surface area contributed by atoms with E-state index in [1.807, 2.05) is 6.92 Å². The third kappa shape index (κ3) is 5.67. The van der Waals surface area contributed by atoms with E-state index in [-0.39, 0.29) is 16.4 Å². The lowest BCUT2D eigenvalue weighted by Gasteiger charge is -2.29. The summed E-state index contributed by atoms with van der Waals surface area (Å²) in [6, 6.07) is 4.44. The SMILES string of the molecule is CCOCCCNC(=O)c1cc(S(=O)(=O)N2CCC(C)CC2)ccc1OC. The van der Waals surface area contributed by atoms with Crippen molar-refractivity contribution in [3.63, 3.8) is 0 Å². The largest absolute Gasteiger partial charge is 0.496 e. The van der Waals surface area contributed by atoms with Crippen molar-refractivity contribution in [2.24, 2.45) is 5.92 Å². The Morgan fingerprint density at radius 2 is 2.00 bits per heavy atom. The molecule has 1 aliphatic rings. The van der Waals surface area contributed by atoms with E-state index in [2.05, 4.69) is 12.2 Å². The molecule has 0 unspecified atom stereocenters. The first-order valence-corrected chi connectivity index (χ1v) is 10.9. The second-order valence-electron chi connectivity index (χ2n) is 6.76. The Labute approximate surface area is 162 Å². The standard InChI is InChI=1S/C19H30N2O5S/c1-4-26-13-5-10-20-19(22)17-14-16(6-7-18(17)25-3)27(23,24)21-11-8-15(2)9-12-21/h6-7,14-15H,4-5,8-13H2,1-3H3,(H,20,22). The second-order valence-corrected chi connectivity index (χ2v) is 8.69. The zero-order valence-electron chi connectivity index (χ0n) is 16.4. The Morgan fingerprint density at radius 1 is 1.30 bits per heavy atom. The fraction of sp³-hybridized carbons (Fsp3) is 0.632. The van der Waals surface area contributed by atoms with Crippen molar-refractivity contribution in [2.75, 3.05) is 40.0 Å². The lowest BCUT2D eigenvalue weighted by molar-refractivity contribution is 0.0941. The maximum Gasteiger partial charge on any atom is 0.255 e. The Morgan fingerprint density at radius 3 is 2.63 bits per heavy atom. The summed E-state index contributed by atoms with van der Waals surface area (Å²) < 4.78 is 37.9. The maximum atomic E-state index is 12.9. The van der Waals surface area contributed by atoms with Crippen LogP contribution in [0, 0.1) is 5.92 Å². The van der Waals surface area contributed by atoms with Gasteiger partial charge in [-0.2, -0.15) is 4.31 Å². The molecule has 1 N–H and O–H groups in total. The number of ether oxygens (including phenoxy) is 2. The van der Waals surface area contributed by atoms with E-state index in [1.165, 1.54) is 29.6 Å². The predicted octanol–water partition coefficient (Wildman–Crippen LogP) is 2.27. The van der Waals surface area contributed by atoms with Gasteiger partial charge in [-0.3, -0.25) is 4.79 Å². The van der Waals surface area contributed by atoms with Crippen molar-refractivity contribution >= 4 is 15.9 Å². The highest BCUT2D eigenvalue weighted by atomic mass is 32.2. The third-order valence-corrected chi connectivity index (χ3v) is 6.65. The van der Waals surface area contributed by atoms with Crippen LogP contribution in [0.2, 0.25) is 0 Å². The van der Waals surface area contributed by atoms with E-state index < -0.39 is 10.0 Å². The minimum Gasteiger partial charge on any atom is -0.496 e. The maximum absolute atomic E-state index is 12.9. The molecule has 1 aromatic rings. The monoisotopic (exact) mass is 398 g/mol. The van der Waals surface area contributed by atoms with Crippen molar-refractivity contribution in [3.05, 3.63) is 23.8 Å². The number of benzene rings is 1. The van der Waals surface area contributed by atoms with E-state index in [0.29, 0.717) is 50.9 Å². The summed E-state index contributed by atoms with van der Waals surface area (Å²) in [7, 11) is -2.16. The van der Waals surface area contributed by atoms with Crippen LogP contribution in [0.1, 0.15) is 43.5 Å². The number of nitrogens with zero attached hydrogens (tertiary/aromatic N) is 1. The number of methoxy groups -OCH3 is 1. The van der Waals surface area contributed by atoms with Crippen molar-refractivity contribution < 1.29 is 22.7 Å². The molecule has 1 fully saturated rings. The number of carbonyl (C=O) groups excluding carboxylic acids is 1. The van der Waals surface area contributed by atoms with E-state index in [1.54, 1.807) is 0 Å². The first-order chi connectivity index (χ1) is 12.9. The van der Waals surface area contributed by atoms with Gasteiger partial charge >= 0.3 is 0 Å².